The predicted octanol–water partition coefficient (Wildman–Crippen LogP) is 0.202. The Morgan fingerprint density at radius 1 is 1.80 bits per heavy atom. The molecule has 1 heterocycles. The Morgan fingerprint density at radius 3 is 3.10 bits per heavy atom. The van der Waals surface area contributed by atoms with Gasteiger partial charge in [0.2, 0.25) is 5.88 Å². The number of aromatic nitrogens is 2. The monoisotopic (exact) mass is 137 g/mol. The Balaban J connectivity index is 2.67. The van der Waals surface area contributed by atoms with Crippen molar-refractivity contribution in [2.75, 3.05) is 0 Å². The van der Waals surface area contributed by atoms with Crippen LogP contribution in [0.15, 0.2) is 12.4 Å². The van der Waals surface area contributed by atoms with Gasteiger partial charge in [-0.2, -0.15) is 0 Å². The summed E-state index contributed by atoms with van der Waals surface area (Å²) in [5, 5.41) is 0. The third-order valence-corrected chi connectivity index (χ3v) is 0.740. The number of esters is 1. The second kappa shape index (κ2) is 2.91. The highest BCUT2D eigenvalue weighted by Crippen LogP contribution is 1.99. The summed E-state index contributed by atoms with van der Waals surface area (Å²) in [7, 11) is 0. The first-order valence-corrected chi connectivity index (χ1v) is 2.65. The molecule has 1 aromatic heterocycles. The van der Waals surface area contributed by atoms with Crippen LogP contribution in [0.1, 0.15) is 6.92 Å². The molecule has 0 unspecified atom stereocenters. The third-order valence-electron chi connectivity index (χ3n) is 0.740. The first-order valence-electron chi connectivity index (χ1n) is 2.65. The molecule has 4 heteroatoms. The summed E-state index contributed by atoms with van der Waals surface area (Å²) < 4.78 is 4.57. The SMILES string of the molecule is CC(=O)Oc1cnc[c]n1. The van der Waals surface area contributed by atoms with E-state index in [0.29, 0.717) is 0 Å². The molecule has 1 aromatic rings. The minimum atomic E-state index is -0.408. The van der Waals surface area contributed by atoms with Crippen LogP contribution in [0.25, 0.3) is 0 Å². The van der Waals surface area contributed by atoms with E-state index < -0.39 is 5.97 Å². The molecule has 0 aliphatic heterocycles. The quantitative estimate of drug-likeness (QED) is 0.519. The van der Waals surface area contributed by atoms with Crippen LogP contribution < -0.4 is 4.74 Å². The van der Waals surface area contributed by atoms with Crippen molar-refractivity contribution in [3.63, 3.8) is 0 Å². The standard InChI is InChI=1S/C6H5N2O2/c1-5(9)10-6-4-7-2-3-8-6/h2,4H,1H3. The zero-order chi connectivity index (χ0) is 7.40. The average molecular weight is 137 g/mol. The van der Waals surface area contributed by atoms with Gasteiger partial charge in [-0.15, -0.1) is 0 Å². The zero-order valence-corrected chi connectivity index (χ0v) is 5.37. The molecule has 10 heavy (non-hydrogen) atoms. The lowest BCUT2D eigenvalue weighted by Gasteiger charge is -1.94. The van der Waals surface area contributed by atoms with Gasteiger partial charge in [0.15, 0.2) is 0 Å². The van der Waals surface area contributed by atoms with E-state index in [0.717, 1.165) is 0 Å². The van der Waals surface area contributed by atoms with Gasteiger partial charge in [0, 0.05) is 6.92 Å². The lowest BCUT2D eigenvalue weighted by Crippen LogP contribution is -2.02. The van der Waals surface area contributed by atoms with Gasteiger partial charge < -0.3 is 4.74 Å². The number of hydrogen-bond donors (Lipinski definition) is 0. The van der Waals surface area contributed by atoms with Gasteiger partial charge in [0.1, 0.15) is 6.20 Å². The molecule has 1 radical (unpaired) electrons. The second-order valence-electron chi connectivity index (χ2n) is 1.58. The summed E-state index contributed by atoms with van der Waals surface area (Å²) in [6.07, 6.45) is 5.16. The van der Waals surface area contributed by atoms with E-state index in [1.807, 2.05) is 0 Å². The molecule has 0 aromatic carbocycles. The van der Waals surface area contributed by atoms with Crippen LogP contribution in [0.5, 0.6) is 5.88 Å². The summed E-state index contributed by atoms with van der Waals surface area (Å²) in [5.41, 5.74) is 0. The maximum Gasteiger partial charge on any atom is 0.309 e. The van der Waals surface area contributed by atoms with Crippen molar-refractivity contribution in [1.29, 1.82) is 0 Å². The van der Waals surface area contributed by atoms with E-state index in [-0.39, 0.29) is 5.88 Å². The van der Waals surface area contributed by atoms with Crippen molar-refractivity contribution in [1.82, 2.24) is 9.97 Å². The van der Waals surface area contributed by atoms with Gasteiger partial charge in [0.05, 0.1) is 12.4 Å². The Labute approximate surface area is 57.9 Å². The molecule has 0 fully saturated rings. The van der Waals surface area contributed by atoms with E-state index in [4.69, 9.17) is 0 Å². The maximum absolute atomic E-state index is 10.3. The number of hydrogen-bond acceptors (Lipinski definition) is 4. The molecule has 51 valence electrons. The molecule has 0 N–H and O–H groups in total. The van der Waals surface area contributed by atoms with Gasteiger partial charge >= 0.3 is 5.97 Å². The van der Waals surface area contributed by atoms with E-state index in [1.165, 1.54) is 19.3 Å². The van der Waals surface area contributed by atoms with E-state index in [2.05, 4.69) is 20.9 Å². The van der Waals surface area contributed by atoms with Crippen LogP contribution in [0.4, 0.5) is 0 Å². The molecule has 0 spiro atoms. The summed E-state index contributed by atoms with van der Waals surface area (Å²) in [4.78, 5) is 17.5. The van der Waals surface area contributed by atoms with Gasteiger partial charge in [0.25, 0.3) is 0 Å². The van der Waals surface area contributed by atoms with Crippen molar-refractivity contribution >= 4 is 5.97 Å². The molecule has 0 aliphatic rings. The van der Waals surface area contributed by atoms with Crippen molar-refractivity contribution in [3.05, 3.63) is 18.6 Å². The largest absolute Gasteiger partial charge is 0.406 e. The summed E-state index contributed by atoms with van der Waals surface area (Å²) in [6.45, 7) is 1.30. The molecule has 0 bridgehead atoms. The smallest absolute Gasteiger partial charge is 0.309 e. The van der Waals surface area contributed by atoms with Crippen LogP contribution in [-0.2, 0) is 4.79 Å². The molecule has 0 saturated carbocycles. The van der Waals surface area contributed by atoms with Crippen molar-refractivity contribution in [2.45, 2.75) is 6.92 Å². The zero-order valence-electron chi connectivity index (χ0n) is 5.37. The second-order valence-corrected chi connectivity index (χ2v) is 1.58. The number of rotatable bonds is 1. The highest BCUT2D eigenvalue weighted by atomic mass is 16.5. The first kappa shape index (κ1) is 6.67. The van der Waals surface area contributed by atoms with Crippen molar-refractivity contribution in [2.24, 2.45) is 0 Å². The van der Waals surface area contributed by atoms with E-state index >= 15 is 0 Å². The minimum absolute atomic E-state index is 0.176. The number of ether oxygens (including phenoxy) is 1. The topological polar surface area (TPSA) is 52.1 Å². The van der Waals surface area contributed by atoms with E-state index in [1.54, 1.807) is 0 Å². The highest BCUT2D eigenvalue weighted by Gasteiger charge is 1.95. The van der Waals surface area contributed by atoms with Crippen molar-refractivity contribution in [3.8, 4) is 5.88 Å². The fourth-order valence-corrected chi connectivity index (χ4v) is 0.452. The van der Waals surface area contributed by atoms with Crippen LogP contribution in [0.2, 0.25) is 0 Å². The fraction of sp³-hybridized carbons (Fsp3) is 0.167. The molecule has 0 atom stereocenters. The third kappa shape index (κ3) is 1.81. The number of nitrogens with zero attached hydrogens (tertiary/aromatic N) is 2. The van der Waals surface area contributed by atoms with Crippen LogP contribution >= 0.6 is 0 Å². The Bertz CT molecular complexity index is 222. The lowest BCUT2D eigenvalue weighted by atomic mass is 10.7. The fourth-order valence-electron chi connectivity index (χ4n) is 0.452. The maximum atomic E-state index is 10.3. The Hall–Kier alpha value is -1.45. The highest BCUT2D eigenvalue weighted by molar-refractivity contribution is 5.68. The van der Waals surface area contributed by atoms with Gasteiger partial charge in [-0.3, -0.25) is 9.78 Å². The molecule has 0 amide bonds. The molecular formula is C6H5N2O2. The predicted molar refractivity (Wildman–Crippen MR) is 32.2 cm³/mol. The van der Waals surface area contributed by atoms with E-state index in [9.17, 15) is 4.79 Å². The Morgan fingerprint density at radius 2 is 2.60 bits per heavy atom. The number of carbonyl (C=O) groups is 1. The number of carbonyl (C=O) groups excluding carboxylic acids is 1. The molecule has 0 saturated heterocycles. The van der Waals surface area contributed by atoms with Crippen LogP contribution in [-0.4, -0.2) is 15.9 Å². The van der Waals surface area contributed by atoms with Gasteiger partial charge in [-0.05, 0) is 0 Å². The lowest BCUT2D eigenvalue weighted by molar-refractivity contribution is -0.132. The summed E-state index contributed by atoms with van der Waals surface area (Å²) >= 11 is 0. The van der Waals surface area contributed by atoms with Gasteiger partial charge in [-0.25, -0.2) is 4.98 Å². The molecule has 0 aliphatic carbocycles. The molecule has 1 rings (SSSR count). The average Bonchev–Trinajstić information content (AvgIpc) is 1.88. The Kier molecular flexibility index (Phi) is 1.94. The summed E-state index contributed by atoms with van der Waals surface area (Å²) in [6, 6.07) is 0. The molecular weight excluding hydrogens is 132 g/mol. The van der Waals surface area contributed by atoms with Crippen LogP contribution in [0, 0.1) is 6.20 Å². The minimum Gasteiger partial charge on any atom is -0.406 e. The summed E-state index contributed by atoms with van der Waals surface area (Å²) in [5.74, 6) is -0.232. The molecule has 4 nitrogen and oxygen atoms in total. The van der Waals surface area contributed by atoms with Crippen molar-refractivity contribution < 1.29 is 9.53 Å². The normalized spacial score (nSPS) is 8.90. The first-order chi connectivity index (χ1) is 4.79. The van der Waals surface area contributed by atoms with Gasteiger partial charge in [-0.1, -0.05) is 0 Å². The van der Waals surface area contributed by atoms with Crippen LogP contribution in [0.3, 0.4) is 0 Å².